The molecule has 0 saturated carbocycles. The number of nitrogens with two attached hydrogens (primary N) is 2. The zero-order chi connectivity index (χ0) is 12.3. The first kappa shape index (κ1) is 11.2. The van der Waals surface area contributed by atoms with Gasteiger partial charge in [-0.15, -0.1) is 0 Å². The van der Waals surface area contributed by atoms with Crippen molar-refractivity contribution in [1.29, 1.82) is 0 Å². The lowest BCUT2D eigenvalue weighted by Crippen LogP contribution is -2.41. The smallest absolute Gasteiger partial charge is 0.333 e. The van der Waals surface area contributed by atoms with E-state index in [1.165, 1.54) is 0 Å². The number of hydrogen-bond donors (Lipinski definition) is 2. The van der Waals surface area contributed by atoms with Crippen LogP contribution in [0.3, 0.4) is 0 Å². The molecule has 2 aromatic rings. The highest BCUT2D eigenvalue weighted by atomic mass is 16.2. The van der Waals surface area contributed by atoms with Crippen molar-refractivity contribution in [3.05, 3.63) is 54.6 Å². The maximum absolute atomic E-state index is 11.1. The largest absolute Gasteiger partial charge is 0.350 e. The van der Waals surface area contributed by atoms with Gasteiger partial charge in [-0.3, -0.25) is 0 Å². The standard InChI is InChI=1S/C13H13N3O/c14-13(17)16(15)12-9-5-4-8-11(12)10-6-2-1-3-7-10/h1-9H,15H2,(H2,14,17). The molecule has 0 spiro atoms. The van der Waals surface area contributed by atoms with Crippen LogP contribution in [0.2, 0.25) is 0 Å². The molecule has 2 rings (SSSR count). The molecule has 2 amide bonds. The van der Waals surface area contributed by atoms with Crippen LogP contribution in [-0.2, 0) is 0 Å². The van der Waals surface area contributed by atoms with E-state index in [1.807, 2.05) is 48.5 Å². The summed E-state index contributed by atoms with van der Waals surface area (Å²) in [4.78, 5) is 11.1. The Balaban J connectivity index is 2.52. The van der Waals surface area contributed by atoms with E-state index < -0.39 is 6.03 Å². The van der Waals surface area contributed by atoms with Crippen molar-refractivity contribution < 1.29 is 4.79 Å². The molecular weight excluding hydrogens is 214 g/mol. The van der Waals surface area contributed by atoms with Gasteiger partial charge >= 0.3 is 6.03 Å². The number of amides is 2. The van der Waals surface area contributed by atoms with Gasteiger partial charge in [0.1, 0.15) is 0 Å². The van der Waals surface area contributed by atoms with Crippen LogP contribution in [0.15, 0.2) is 54.6 Å². The number of benzene rings is 2. The highest BCUT2D eigenvalue weighted by Gasteiger charge is 2.12. The number of hydrazine groups is 1. The van der Waals surface area contributed by atoms with E-state index in [0.717, 1.165) is 16.1 Å². The Kier molecular flexibility index (Phi) is 3.07. The van der Waals surface area contributed by atoms with Gasteiger partial charge in [-0.1, -0.05) is 48.5 Å². The van der Waals surface area contributed by atoms with Gasteiger partial charge in [-0.25, -0.2) is 15.6 Å². The summed E-state index contributed by atoms with van der Waals surface area (Å²) in [5.74, 6) is 5.63. The molecule has 0 saturated heterocycles. The summed E-state index contributed by atoms with van der Waals surface area (Å²) in [5.41, 5.74) is 7.62. The Labute approximate surface area is 99.4 Å². The molecule has 0 atom stereocenters. The predicted molar refractivity (Wildman–Crippen MR) is 68.1 cm³/mol. The number of primary amides is 1. The predicted octanol–water partition coefficient (Wildman–Crippen LogP) is 2.11. The molecule has 0 fully saturated rings. The third-order valence-electron chi connectivity index (χ3n) is 2.49. The lowest BCUT2D eigenvalue weighted by molar-refractivity contribution is 0.254. The van der Waals surface area contributed by atoms with Crippen LogP contribution < -0.4 is 16.6 Å². The van der Waals surface area contributed by atoms with Crippen LogP contribution in [0.5, 0.6) is 0 Å². The minimum absolute atomic E-state index is 0.589. The number of para-hydroxylation sites is 1. The van der Waals surface area contributed by atoms with E-state index in [-0.39, 0.29) is 0 Å². The van der Waals surface area contributed by atoms with Crippen LogP contribution in [0, 0.1) is 0 Å². The Morgan fingerprint density at radius 2 is 1.53 bits per heavy atom. The number of urea groups is 1. The first-order valence-corrected chi connectivity index (χ1v) is 5.19. The maximum Gasteiger partial charge on any atom is 0.333 e. The van der Waals surface area contributed by atoms with E-state index >= 15 is 0 Å². The van der Waals surface area contributed by atoms with Crippen molar-refractivity contribution in [2.24, 2.45) is 11.6 Å². The zero-order valence-corrected chi connectivity index (χ0v) is 9.21. The van der Waals surface area contributed by atoms with E-state index in [0.29, 0.717) is 5.69 Å². The molecule has 0 aliphatic carbocycles. The molecular formula is C13H13N3O. The Hall–Kier alpha value is -2.33. The first-order chi connectivity index (χ1) is 8.20. The molecule has 2 aromatic carbocycles. The number of carbonyl (C=O) groups excluding carboxylic acids is 1. The third-order valence-corrected chi connectivity index (χ3v) is 2.49. The quantitative estimate of drug-likeness (QED) is 0.468. The van der Waals surface area contributed by atoms with Crippen molar-refractivity contribution in [2.45, 2.75) is 0 Å². The normalized spacial score (nSPS) is 9.94. The third kappa shape index (κ3) is 2.26. The van der Waals surface area contributed by atoms with Crippen LogP contribution in [-0.4, -0.2) is 6.03 Å². The fourth-order valence-corrected chi connectivity index (χ4v) is 1.66. The van der Waals surface area contributed by atoms with E-state index in [1.54, 1.807) is 6.07 Å². The van der Waals surface area contributed by atoms with Crippen molar-refractivity contribution in [3.63, 3.8) is 0 Å². The highest BCUT2D eigenvalue weighted by molar-refractivity contribution is 5.94. The molecule has 4 heteroatoms. The lowest BCUT2D eigenvalue weighted by atomic mass is 10.0. The van der Waals surface area contributed by atoms with Crippen molar-refractivity contribution in [2.75, 3.05) is 5.01 Å². The van der Waals surface area contributed by atoms with Crippen LogP contribution in [0.25, 0.3) is 11.1 Å². The summed E-state index contributed by atoms with van der Waals surface area (Å²) in [7, 11) is 0. The summed E-state index contributed by atoms with van der Waals surface area (Å²) in [6, 6.07) is 16.4. The van der Waals surface area contributed by atoms with Crippen LogP contribution in [0.4, 0.5) is 10.5 Å². The fourth-order valence-electron chi connectivity index (χ4n) is 1.66. The van der Waals surface area contributed by atoms with Gasteiger partial charge in [0.25, 0.3) is 0 Å². The zero-order valence-electron chi connectivity index (χ0n) is 9.21. The number of hydrogen-bond acceptors (Lipinski definition) is 2. The second kappa shape index (κ2) is 4.67. The molecule has 86 valence electrons. The summed E-state index contributed by atoms with van der Waals surface area (Å²) in [6.07, 6.45) is 0. The van der Waals surface area contributed by atoms with Gasteiger partial charge < -0.3 is 5.73 Å². The lowest BCUT2D eigenvalue weighted by Gasteiger charge is -2.17. The van der Waals surface area contributed by atoms with E-state index in [9.17, 15) is 4.79 Å². The van der Waals surface area contributed by atoms with Gasteiger partial charge in [0.2, 0.25) is 0 Å². The molecule has 0 bridgehead atoms. The SMILES string of the molecule is NC(=O)N(N)c1ccccc1-c1ccccc1. The van der Waals surface area contributed by atoms with Gasteiger partial charge in [0.05, 0.1) is 5.69 Å². The van der Waals surface area contributed by atoms with Gasteiger partial charge in [-0.05, 0) is 11.6 Å². The Morgan fingerprint density at radius 3 is 2.18 bits per heavy atom. The van der Waals surface area contributed by atoms with Crippen LogP contribution in [0.1, 0.15) is 0 Å². The van der Waals surface area contributed by atoms with Crippen LogP contribution >= 0.6 is 0 Å². The second-order valence-electron chi connectivity index (χ2n) is 3.59. The maximum atomic E-state index is 11.1. The highest BCUT2D eigenvalue weighted by Crippen LogP contribution is 2.28. The second-order valence-corrected chi connectivity index (χ2v) is 3.59. The molecule has 0 aliphatic rings. The van der Waals surface area contributed by atoms with E-state index in [2.05, 4.69) is 0 Å². The molecule has 0 unspecified atom stereocenters. The first-order valence-electron chi connectivity index (χ1n) is 5.19. The molecule has 0 radical (unpaired) electrons. The van der Waals surface area contributed by atoms with E-state index in [4.69, 9.17) is 11.6 Å². The van der Waals surface area contributed by atoms with Gasteiger partial charge in [0, 0.05) is 5.56 Å². The average Bonchev–Trinajstić information content (AvgIpc) is 2.39. The monoisotopic (exact) mass is 227 g/mol. The van der Waals surface area contributed by atoms with Gasteiger partial charge in [-0.2, -0.15) is 0 Å². The summed E-state index contributed by atoms with van der Waals surface area (Å²) in [5, 5.41) is 0.947. The summed E-state index contributed by atoms with van der Waals surface area (Å²) < 4.78 is 0. The molecule has 17 heavy (non-hydrogen) atoms. The Morgan fingerprint density at radius 1 is 0.941 bits per heavy atom. The van der Waals surface area contributed by atoms with Crippen molar-refractivity contribution in [1.82, 2.24) is 0 Å². The van der Waals surface area contributed by atoms with Gasteiger partial charge in [0.15, 0.2) is 0 Å². The molecule has 4 N–H and O–H groups in total. The minimum atomic E-state index is -0.687. The average molecular weight is 227 g/mol. The molecule has 0 heterocycles. The topological polar surface area (TPSA) is 72.4 Å². The number of rotatable bonds is 2. The fraction of sp³-hybridized carbons (Fsp3) is 0. The molecule has 0 aliphatic heterocycles. The number of carbonyl (C=O) groups is 1. The number of nitrogens with zero attached hydrogens (tertiary/aromatic N) is 1. The Bertz CT molecular complexity index is 525. The van der Waals surface area contributed by atoms with Crippen molar-refractivity contribution in [3.8, 4) is 11.1 Å². The summed E-state index contributed by atoms with van der Waals surface area (Å²) >= 11 is 0. The molecule has 4 nitrogen and oxygen atoms in total. The minimum Gasteiger partial charge on any atom is -0.350 e. The summed E-state index contributed by atoms with van der Waals surface area (Å²) in [6.45, 7) is 0. The molecule has 0 aromatic heterocycles. The number of anilines is 1. The van der Waals surface area contributed by atoms with Crippen molar-refractivity contribution >= 4 is 11.7 Å².